The fourth-order valence-electron chi connectivity index (χ4n) is 3.60. The second-order valence-electron chi connectivity index (χ2n) is 9.66. The van der Waals surface area contributed by atoms with E-state index in [1.165, 1.54) is 9.47 Å². The van der Waals surface area contributed by atoms with E-state index in [-0.39, 0.29) is 29.5 Å². The minimum Gasteiger partial charge on any atom is -0.383 e. The van der Waals surface area contributed by atoms with Gasteiger partial charge in [-0.3, -0.25) is 28.8 Å². The fraction of sp³-hybridized carbons (Fsp3) is 0.333. The van der Waals surface area contributed by atoms with Crippen molar-refractivity contribution in [3.8, 4) is 0 Å². The highest BCUT2D eigenvalue weighted by molar-refractivity contribution is 6.08. The van der Waals surface area contributed by atoms with Crippen LogP contribution in [0.1, 0.15) is 56.5 Å². The van der Waals surface area contributed by atoms with Crippen molar-refractivity contribution < 1.29 is 9.59 Å². The molecule has 0 atom stereocenters. The lowest BCUT2D eigenvalue weighted by atomic mass is 9.95. The SMILES string of the molecule is CCCCn1c(N)c(N(Cc2ccccc2)C(=O)c2cccc(NC(=O)C(C)(C)C)c2)c(=O)[nH]c1=O. The Labute approximate surface area is 210 Å². The molecule has 0 unspecified atom stereocenters. The number of nitrogen functional groups attached to an aromatic ring is 1. The van der Waals surface area contributed by atoms with Crippen LogP contribution >= 0.6 is 0 Å². The number of anilines is 3. The average molecular weight is 492 g/mol. The summed E-state index contributed by atoms with van der Waals surface area (Å²) >= 11 is 0. The largest absolute Gasteiger partial charge is 0.383 e. The van der Waals surface area contributed by atoms with Gasteiger partial charge in [-0.1, -0.05) is 70.5 Å². The van der Waals surface area contributed by atoms with E-state index >= 15 is 0 Å². The molecular formula is C27H33N5O4. The Morgan fingerprint density at radius 1 is 1.06 bits per heavy atom. The second-order valence-corrected chi connectivity index (χ2v) is 9.66. The molecule has 0 radical (unpaired) electrons. The fourth-order valence-corrected chi connectivity index (χ4v) is 3.60. The number of H-pyrrole nitrogens is 1. The number of nitrogens with two attached hydrogens (primary N) is 1. The molecule has 0 saturated carbocycles. The highest BCUT2D eigenvalue weighted by atomic mass is 16.2. The molecule has 2 aromatic carbocycles. The number of hydrogen-bond acceptors (Lipinski definition) is 5. The van der Waals surface area contributed by atoms with Gasteiger partial charge in [-0.05, 0) is 30.2 Å². The van der Waals surface area contributed by atoms with E-state index < -0.39 is 22.6 Å². The molecule has 4 N–H and O–H groups in total. The van der Waals surface area contributed by atoms with Crippen LogP contribution in [0.4, 0.5) is 17.2 Å². The Hall–Kier alpha value is -4.14. The molecule has 2 amide bonds. The zero-order valence-corrected chi connectivity index (χ0v) is 21.1. The summed E-state index contributed by atoms with van der Waals surface area (Å²) in [5.74, 6) is -0.765. The maximum absolute atomic E-state index is 13.8. The van der Waals surface area contributed by atoms with Gasteiger partial charge in [0.05, 0.1) is 6.54 Å². The molecular weight excluding hydrogens is 458 g/mol. The van der Waals surface area contributed by atoms with Gasteiger partial charge in [-0.2, -0.15) is 0 Å². The average Bonchev–Trinajstić information content (AvgIpc) is 2.83. The number of aromatic amines is 1. The number of nitrogens with zero attached hydrogens (tertiary/aromatic N) is 2. The van der Waals surface area contributed by atoms with E-state index in [0.717, 1.165) is 12.0 Å². The van der Waals surface area contributed by atoms with Gasteiger partial charge in [0.15, 0.2) is 5.69 Å². The van der Waals surface area contributed by atoms with Gasteiger partial charge in [0, 0.05) is 23.2 Å². The van der Waals surface area contributed by atoms with Crippen molar-refractivity contribution in [2.24, 2.45) is 5.41 Å². The quantitative estimate of drug-likeness (QED) is 0.442. The third kappa shape index (κ3) is 6.10. The number of hydrogen-bond donors (Lipinski definition) is 3. The van der Waals surface area contributed by atoms with Gasteiger partial charge in [-0.25, -0.2) is 4.79 Å². The summed E-state index contributed by atoms with van der Waals surface area (Å²) in [5.41, 5.74) is 5.74. The van der Waals surface area contributed by atoms with E-state index in [1.54, 1.807) is 45.0 Å². The van der Waals surface area contributed by atoms with Crippen LogP contribution in [0, 0.1) is 5.41 Å². The summed E-state index contributed by atoms with van der Waals surface area (Å²) in [5, 5.41) is 2.82. The summed E-state index contributed by atoms with van der Waals surface area (Å²) in [6.07, 6.45) is 1.50. The van der Waals surface area contributed by atoms with Crippen molar-refractivity contribution in [1.82, 2.24) is 9.55 Å². The van der Waals surface area contributed by atoms with Gasteiger partial charge < -0.3 is 11.1 Å². The Balaban J connectivity index is 2.10. The van der Waals surface area contributed by atoms with Crippen LogP contribution < -0.4 is 27.2 Å². The van der Waals surface area contributed by atoms with Crippen molar-refractivity contribution in [3.63, 3.8) is 0 Å². The molecule has 0 bridgehead atoms. The van der Waals surface area contributed by atoms with Crippen molar-refractivity contribution in [2.45, 2.75) is 53.6 Å². The van der Waals surface area contributed by atoms with Crippen LogP contribution in [0.15, 0.2) is 64.2 Å². The first kappa shape index (κ1) is 26.5. The molecule has 0 aliphatic carbocycles. The monoisotopic (exact) mass is 491 g/mol. The van der Waals surface area contributed by atoms with Crippen LogP contribution in [0.25, 0.3) is 0 Å². The van der Waals surface area contributed by atoms with Crippen LogP contribution in [0.2, 0.25) is 0 Å². The lowest BCUT2D eigenvalue weighted by molar-refractivity contribution is -0.123. The highest BCUT2D eigenvalue weighted by Crippen LogP contribution is 2.24. The van der Waals surface area contributed by atoms with E-state index in [1.807, 2.05) is 37.3 Å². The maximum atomic E-state index is 13.8. The van der Waals surface area contributed by atoms with Gasteiger partial charge in [0.2, 0.25) is 5.91 Å². The Morgan fingerprint density at radius 3 is 2.39 bits per heavy atom. The van der Waals surface area contributed by atoms with E-state index in [0.29, 0.717) is 18.7 Å². The first-order valence-electron chi connectivity index (χ1n) is 11.9. The molecule has 9 nitrogen and oxygen atoms in total. The topological polar surface area (TPSA) is 130 Å². The molecule has 190 valence electrons. The summed E-state index contributed by atoms with van der Waals surface area (Å²) < 4.78 is 1.28. The zero-order chi connectivity index (χ0) is 26.5. The Kier molecular flexibility index (Phi) is 8.14. The summed E-state index contributed by atoms with van der Waals surface area (Å²) in [6.45, 7) is 7.72. The van der Waals surface area contributed by atoms with Crippen LogP contribution in [-0.4, -0.2) is 21.4 Å². The zero-order valence-electron chi connectivity index (χ0n) is 21.1. The third-order valence-corrected chi connectivity index (χ3v) is 5.70. The first-order chi connectivity index (χ1) is 17.0. The minimum absolute atomic E-state index is 0.0531. The number of amides is 2. The van der Waals surface area contributed by atoms with Crippen molar-refractivity contribution >= 4 is 29.0 Å². The van der Waals surface area contributed by atoms with Crippen molar-refractivity contribution in [1.29, 1.82) is 0 Å². The molecule has 1 aromatic heterocycles. The number of benzene rings is 2. The Bertz CT molecular complexity index is 1350. The molecule has 36 heavy (non-hydrogen) atoms. The van der Waals surface area contributed by atoms with Gasteiger partial charge >= 0.3 is 5.69 Å². The van der Waals surface area contributed by atoms with Crippen LogP contribution in [0.5, 0.6) is 0 Å². The molecule has 0 saturated heterocycles. The van der Waals surface area contributed by atoms with Gasteiger partial charge in [-0.15, -0.1) is 0 Å². The van der Waals surface area contributed by atoms with Crippen LogP contribution in [0.3, 0.4) is 0 Å². The lowest BCUT2D eigenvalue weighted by Crippen LogP contribution is -2.41. The molecule has 9 heteroatoms. The number of rotatable bonds is 8. The van der Waals surface area contributed by atoms with Crippen LogP contribution in [-0.2, 0) is 17.9 Å². The predicted octanol–water partition coefficient (Wildman–Crippen LogP) is 3.75. The van der Waals surface area contributed by atoms with Crippen molar-refractivity contribution in [3.05, 3.63) is 86.6 Å². The first-order valence-corrected chi connectivity index (χ1v) is 11.9. The number of aromatic nitrogens is 2. The molecule has 0 aliphatic heterocycles. The van der Waals surface area contributed by atoms with Gasteiger partial charge in [0.25, 0.3) is 11.5 Å². The second kappa shape index (κ2) is 11.1. The smallest absolute Gasteiger partial charge is 0.330 e. The number of carbonyl (C=O) groups excluding carboxylic acids is 2. The molecule has 0 aliphatic rings. The van der Waals surface area contributed by atoms with E-state index in [9.17, 15) is 19.2 Å². The number of unbranched alkanes of at least 4 members (excludes halogenated alkanes) is 1. The van der Waals surface area contributed by atoms with E-state index in [4.69, 9.17) is 5.73 Å². The van der Waals surface area contributed by atoms with Crippen molar-refractivity contribution in [2.75, 3.05) is 16.0 Å². The predicted molar refractivity (Wildman–Crippen MR) is 142 cm³/mol. The minimum atomic E-state index is -0.744. The molecule has 0 fully saturated rings. The summed E-state index contributed by atoms with van der Waals surface area (Å²) in [7, 11) is 0. The highest BCUT2D eigenvalue weighted by Gasteiger charge is 2.26. The van der Waals surface area contributed by atoms with E-state index in [2.05, 4.69) is 10.3 Å². The number of carbonyl (C=O) groups is 2. The van der Waals surface area contributed by atoms with Gasteiger partial charge in [0.1, 0.15) is 5.82 Å². The molecule has 0 spiro atoms. The Morgan fingerprint density at radius 2 is 1.75 bits per heavy atom. The molecule has 1 heterocycles. The molecule has 3 rings (SSSR count). The normalized spacial score (nSPS) is 11.2. The lowest BCUT2D eigenvalue weighted by Gasteiger charge is -2.25. The standard InChI is InChI=1S/C27H33N5O4/c1-5-6-15-31-22(28)21(23(33)30-26(31)36)32(17-18-11-8-7-9-12-18)24(34)19-13-10-14-20(16-19)29-25(35)27(2,3)4/h7-14,16H,5-6,15,17,28H2,1-4H3,(H,29,35)(H,30,33,36). The molecule has 3 aromatic rings. The third-order valence-electron chi connectivity index (χ3n) is 5.70. The number of nitrogens with one attached hydrogen (secondary N) is 2. The summed E-state index contributed by atoms with van der Waals surface area (Å²) in [4.78, 5) is 55.3. The maximum Gasteiger partial charge on any atom is 0.330 e. The summed E-state index contributed by atoms with van der Waals surface area (Å²) in [6, 6.07) is 15.7.